The van der Waals surface area contributed by atoms with Gasteiger partial charge in [-0.25, -0.2) is 0 Å². The van der Waals surface area contributed by atoms with Crippen molar-refractivity contribution >= 4 is 17.1 Å². The number of fused-ring (bicyclic) bond motifs is 1. The second-order valence-electron chi connectivity index (χ2n) is 5.23. The summed E-state index contributed by atoms with van der Waals surface area (Å²) < 4.78 is 124. The van der Waals surface area contributed by atoms with Crippen LogP contribution in [0.25, 0.3) is 11.2 Å². The standard InChI is InChI=1S/C18H26N4O4.K/c1-12(2)22-16-15(26-11-20-16)14(23)13(18(22)25)17(24)19-7-6-10-21-8-4-3-5-9-21;/h11-12,23H,3-10H2,1-2H3,(H,19,24);/q;+1/p-1/i1D3,3D2,4D2,5D2,8D2,9D2,12D;/hD. The molecule has 0 aliphatic carbocycles. The Kier molecular flexibility index (Phi) is 3.54. The van der Waals surface area contributed by atoms with Gasteiger partial charge in [-0.2, -0.15) is 4.98 Å². The van der Waals surface area contributed by atoms with Crippen molar-refractivity contribution in [3.05, 3.63) is 22.3 Å². The normalized spacial score (nSPS) is 35.2. The van der Waals surface area contributed by atoms with E-state index in [0.717, 1.165) is 6.92 Å². The van der Waals surface area contributed by atoms with Crippen molar-refractivity contribution in [3.63, 3.8) is 0 Å². The number of nitrogens with zero attached hydrogens (tertiary/aromatic N) is 3. The molecule has 3 heterocycles. The number of piperidine rings is 1. The molecule has 1 atom stereocenters. The summed E-state index contributed by atoms with van der Waals surface area (Å²) in [6.45, 7) is -10.8. The van der Waals surface area contributed by atoms with Crippen LogP contribution in [0.15, 0.2) is 15.6 Å². The van der Waals surface area contributed by atoms with Crippen molar-refractivity contribution in [3.8, 4) is 5.75 Å². The second-order valence-corrected chi connectivity index (χ2v) is 5.23. The van der Waals surface area contributed by atoms with Crippen molar-refractivity contribution in [2.75, 3.05) is 26.1 Å². The van der Waals surface area contributed by atoms with Gasteiger partial charge in [-0.1, -0.05) is 6.37 Å². The molecule has 0 saturated carbocycles. The maximum atomic E-state index is 13.2. The van der Waals surface area contributed by atoms with E-state index in [0.29, 0.717) is 6.39 Å². The Morgan fingerprint density at radius 1 is 1.56 bits per heavy atom. The first kappa shape index (κ1) is 9.40. The molecule has 142 valence electrons. The molecule has 2 aromatic rings. The molecule has 3 rings (SSSR count). The van der Waals surface area contributed by atoms with E-state index in [1.165, 1.54) is 0 Å². The van der Waals surface area contributed by atoms with E-state index in [-0.39, 0.29) is 66.2 Å². The van der Waals surface area contributed by atoms with Gasteiger partial charge in [-0.3, -0.25) is 14.2 Å². The minimum atomic E-state index is -3.62. The van der Waals surface area contributed by atoms with Gasteiger partial charge in [0.05, 0.1) is 1.37 Å². The number of rotatable bonds is 6. The number of carbonyl (C=O) groups is 1. The van der Waals surface area contributed by atoms with Crippen LogP contribution in [0.3, 0.4) is 0 Å². The zero-order valence-corrected chi connectivity index (χ0v) is 17.7. The van der Waals surface area contributed by atoms with Crippen LogP contribution in [-0.2, 0) is 0 Å². The molecule has 1 aliphatic rings. The molecule has 0 radical (unpaired) electrons. The summed E-state index contributed by atoms with van der Waals surface area (Å²) in [6.07, 6.45) is -10.6. The predicted octanol–water partition coefficient (Wildman–Crippen LogP) is -1.75. The Morgan fingerprint density at radius 3 is 3.00 bits per heavy atom. The summed E-state index contributed by atoms with van der Waals surface area (Å²) in [4.78, 5) is 30.0. The van der Waals surface area contributed by atoms with Crippen LogP contribution in [0.1, 0.15) is 74.9 Å². The van der Waals surface area contributed by atoms with E-state index in [1.54, 1.807) is 0 Å². The first-order chi connectivity index (χ1) is 18.2. The third-order valence-electron chi connectivity index (χ3n) is 3.46. The van der Waals surface area contributed by atoms with Gasteiger partial charge in [0.2, 0.25) is 0 Å². The number of carbonyl (C=O) groups excluding carboxylic acids is 1. The SMILES string of the molecule is [2H]N(CCCN1C([2H])([2H])C([2H])([2H])C([2H])([2H])C([2H])([2H])C1([2H])[2H])C(=O)c1c([O-])c2ocnc2n(C([2H])(C)C([2H])([2H])[2H])c1=O.[K+]. The third-order valence-corrected chi connectivity index (χ3v) is 3.46. The maximum Gasteiger partial charge on any atom is 1.00 e. The molecule has 0 bridgehead atoms. The topological polar surface area (TPSA) is 103 Å². The van der Waals surface area contributed by atoms with Crippen molar-refractivity contribution < 1.29 is 86.3 Å². The average molecular weight is 416 g/mol. The minimum Gasteiger partial charge on any atom is -0.869 e. The number of oxazole rings is 1. The molecule has 1 N–H and O–H groups in total. The second kappa shape index (κ2) is 10.2. The Hall–Kier alpha value is -0.714. The van der Waals surface area contributed by atoms with Gasteiger partial charge in [0.15, 0.2) is 19.0 Å². The Morgan fingerprint density at radius 2 is 2.30 bits per heavy atom. The summed E-state index contributed by atoms with van der Waals surface area (Å²) in [6, 6.07) is -2.75. The molecule has 1 amide bonds. The van der Waals surface area contributed by atoms with Gasteiger partial charge in [0.25, 0.3) is 11.5 Å². The molecule has 1 unspecified atom stereocenters. The van der Waals surface area contributed by atoms with Crippen LogP contribution in [0.5, 0.6) is 5.75 Å². The minimum absolute atomic E-state index is 0. The number of nitrogens with one attached hydrogen (secondary N) is 1. The number of aromatic nitrogens is 2. The van der Waals surface area contributed by atoms with E-state index in [1.807, 2.05) is 0 Å². The maximum absolute atomic E-state index is 13.2. The smallest absolute Gasteiger partial charge is 0.869 e. The van der Waals surface area contributed by atoms with E-state index in [2.05, 4.69) is 4.98 Å². The Bertz CT molecular complexity index is 1390. The average Bonchev–Trinajstić information content (AvgIpc) is 3.28. The first-order valence-corrected chi connectivity index (χ1v) is 7.51. The van der Waals surface area contributed by atoms with Crippen LogP contribution in [-0.4, -0.2) is 46.4 Å². The largest absolute Gasteiger partial charge is 1.00 e. The molecule has 0 spiro atoms. The summed E-state index contributed by atoms with van der Waals surface area (Å²) >= 11 is 0. The third kappa shape index (κ3) is 5.02. The van der Waals surface area contributed by atoms with E-state index >= 15 is 0 Å². The molecule has 9 heteroatoms. The zero-order valence-electron chi connectivity index (χ0n) is 29.6. The Balaban J connectivity index is 0.00000616. The van der Waals surface area contributed by atoms with E-state index in [4.69, 9.17) is 25.0 Å². The molecular weight excluding hydrogens is 375 g/mol. The fourth-order valence-corrected chi connectivity index (χ4v) is 2.32. The van der Waals surface area contributed by atoms with Gasteiger partial charge in [0.1, 0.15) is 5.56 Å². The van der Waals surface area contributed by atoms with Crippen LogP contribution >= 0.6 is 0 Å². The van der Waals surface area contributed by atoms with E-state index < -0.39 is 98.5 Å². The summed E-state index contributed by atoms with van der Waals surface area (Å²) in [5, 5.41) is 12.9. The van der Waals surface area contributed by atoms with Crippen molar-refractivity contribution in [1.82, 2.24) is 19.8 Å². The van der Waals surface area contributed by atoms with Crippen LogP contribution in [0.2, 0.25) is 1.41 Å². The van der Waals surface area contributed by atoms with E-state index in [9.17, 15) is 14.7 Å². The van der Waals surface area contributed by atoms with Gasteiger partial charge >= 0.3 is 51.4 Å². The van der Waals surface area contributed by atoms with Crippen LogP contribution < -0.4 is 67.4 Å². The van der Waals surface area contributed by atoms with Crippen LogP contribution in [0, 0.1) is 0 Å². The molecule has 0 aromatic carbocycles. The zero-order chi connectivity index (χ0) is 31.9. The monoisotopic (exact) mass is 415 g/mol. The van der Waals surface area contributed by atoms with Gasteiger partial charge in [-0.05, 0) is 58.2 Å². The summed E-state index contributed by atoms with van der Waals surface area (Å²) in [5.41, 5.74) is -4.19. The first-order valence-electron chi connectivity index (χ1n) is 15.0. The molecule has 1 saturated heterocycles. The molecule has 27 heavy (non-hydrogen) atoms. The molecule has 8 nitrogen and oxygen atoms in total. The summed E-state index contributed by atoms with van der Waals surface area (Å²) in [7, 11) is 0. The van der Waals surface area contributed by atoms with Gasteiger partial charge in [-0.15, -0.1) is 0 Å². The van der Waals surface area contributed by atoms with Gasteiger partial charge < -0.3 is 19.7 Å². The predicted molar refractivity (Wildman–Crippen MR) is 95.3 cm³/mol. The fraction of sp³-hybridized carbons (Fsp3) is 0.611. The molecule has 1 fully saturated rings. The quantitative estimate of drug-likeness (QED) is 0.562. The number of likely N-dealkylation sites (tertiary alicyclic amines) is 1. The number of pyridine rings is 1. The van der Waals surface area contributed by atoms with Crippen molar-refractivity contribution in [1.29, 1.82) is 0 Å². The van der Waals surface area contributed by atoms with Crippen molar-refractivity contribution in [2.45, 2.75) is 45.3 Å². The number of hydrogen-bond acceptors (Lipinski definition) is 6. The fourth-order valence-electron chi connectivity index (χ4n) is 2.32. The van der Waals surface area contributed by atoms with Crippen LogP contribution in [0.4, 0.5) is 0 Å². The summed E-state index contributed by atoms with van der Waals surface area (Å²) in [5.74, 6) is -2.94. The number of amides is 1. The Labute approximate surface area is 221 Å². The molecule has 2 aromatic heterocycles. The van der Waals surface area contributed by atoms with Crippen molar-refractivity contribution in [2.24, 2.45) is 0 Å². The molecule has 1 aliphatic heterocycles. The number of hydrogen-bond donors (Lipinski definition) is 1. The molecular formula is C18H25KN4O4. The van der Waals surface area contributed by atoms with Gasteiger partial charge in [0, 0.05) is 30.4 Å².